The van der Waals surface area contributed by atoms with Crippen LogP contribution in [0, 0.1) is 0 Å². The summed E-state index contributed by atoms with van der Waals surface area (Å²) < 4.78 is 11.4. The minimum absolute atomic E-state index is 0.0117. The fraction of sp³-hybridized carbons (Fsp3) is 0.389. The lowest BCUT2D eigenvalue weighted by Crippen LogP contribution is -2.37. The van der Waals surface area contributed by atoms with Gasteiger partial charge in [0.25, 0.3) is 0 Å². The van der Waals surface area contributed by atoms with Crippen molar-refractivity contribution in [3.05, 3.63) is 42.5 Å². The highest BCUT2D eigenvalue weighted by Gasteiger charge is 2.29. The van der Waals surface area contributed by atoms with Gasteiger partial charge >= 0.3 is 0 Å². The molecule has 1 amide bonds. The Morgan fingerprint density at radius 3 is 2.87 bits per heavy atom. The molecule has 0 saturated carbocycles. The molecule has 3 rings (SSSR count). The van der Waals surface area contributed by atoms with Crippen molar-refractivity contribution in [2.24, 2.45) is 5.73 Å². The van der Waals surface area contributed by atoms with Gasteiger partial charge in [-0.25, -0.2) is 0 Å². The number of nitrogens with one attached hydrogen (secondary N) is 1. The highest BCUT2D eigenvalue weighted by molar-refractivity contribution is 5.88. The highest BCUT2D eigenvalue weighted by atomic mass is 16.5. The summed E-state index contributed by atoms with van der Waals surface area (Å²) in [5, 5.41) is 5.07. The smallest absolute Gasteiger partial charge is 0.249 e. The molecule has 0 unspecified atom stereocenters. The molecule has 2 aromatic carbocycles. The molecule has 0 radical (unpaired) electrons. The molecular formula is C18H22N2O3. The van der Waals surface area contributed by atoms with Crippen molar-refractivity contribution in [2.75, 3.05) is 19.7 Å². The van der Waals surface area contributed by atoms with Gasteiger partial charge in [-0.05, 0) is 24.3 Å². The van der Waals surface area contributed by atoms with Gasteiger partial charge in [-0.2, -0.15) is 0 Å². The number of benzene rings is 2. The number of nitrogens with two attached hydrogens (primary N) is 1. The minimum atomic E-state index is -0.374. The van der Waals surface area contributed by atoms with Crippen LogP contribution in [0.3, 0.4) is 0 Å². The van der Waals surface area contributed by atoms with E-state index in [-0.39, 0.29) is 18.1 Å². The third-order valence-corrected chi connectivity index (χ3v) is 4.07. The molecule has 0 spiro atoms. The van der Waals surface area contributed by atoms with Gasteiger partial charge in [0.2, 0.25) is 5.91 Å². The lowest BCUT2D eigenvalue weighted by atomic mass is 10.1. The molecule has 3 N–H and O–H groups in total. The number of rotatable bonds is 6. The number of carbonyl (C=O) groups is 1. The third-order valence-electron chi connectivity index (χ3n) is 4.07. The summed E-state index contributed by atoms with van der Waals surface area (Å²) in [4.78, 5) is 12.0. The van der Waals surface area contributed by atoms with Crippen LogP contribution < -0.4 is 15.8 Å². The van der Waals surface area contributed by atoms with Crippen LogP contribution in [0.2, 0.25) is 0 Å². The van der Waals surface area contributed by atoms with Crippen LogP contribution in [0.25, 0.3) is 10.8 Å². The van der Waals surface area contributed by atoms with Crippen LogP contribution in [0.1, 0.15) is 12.8 Å². The molecule has 23 heavy (non-hydrogen) atoms. The second-order valence-electron chi connectivity index (χ2n) is 5.68. The Hall–Kier alpha value is -2.11. The van der Waals surface area contributed by atoms with E-state index in [1.165, 1.54) is 0 Å². The molecule has 1 fully saturated rings. The summed E-state index contributed by atoms with van der Waals surface area (Å²) >= 11 is 0. The van der Waals surface area contributed by atoms with E-state index in [4.69, 9.17) is 15.2 Å². The molecular weight excluding hydrogens is 292 g/mol. The summed E-state index contributed by atoms with van der Waals surface area (Å²) in [6.07, 6.45) is 1.22. The van der Waals surface area contributed by atoms with E-state index in [2.05, 4.69) is 17.4 Å². The Kier molecular flexibility index (Phi) is 5.10. The monoisotopic (exact) mass is 314 g/mol. The number of hydrogen-bond donors (Lipinski definition) is 2. The zero-order valence-electron chi connectivity index (χ0n) is 13.0. The summed E-state index contributed by atoms with van der Waals surface area (Å²) in [7, 11) is 0. The molecule has 5 heteroatoms. The Balaban J connectivity index is 1.47. The van der Waals surface area contributed by atoms with E-state index in [1.807, 2.05) is 30.3 Å². The van der Waals surface area contributed by atoms with E-state index in [0.29, 0.717) is 19.7 Å². The third kappa shape index (κ3) is 3.81. The Morgan fingerprint density at radius 2 is 2.04 bits per heavy atom. The van der Waals surface area contributed by atoms with E-state index in [0.717, 1.165) is 29.4 Å². The Labute approximate surface area is 135 Å². The van der Waals surface area contributed by atoms with Gasteiger partial charge in [0.05, 0.1) is 12.6 Å². The van der Waals surface area contributed by atoms with Gasteiger partial charge in [-0.1, -0.05) is 36.4 Å². The number of carbonyl (C=O) groups excluding carboxylic acids is 1. The average Bonchev–Trinajstić information content (AvgIpc) is 3.08. The molecule has 2 atom stereocenters. The molecule has 5 nitrogen and oxygen atoms in total. The van der Waals surface area contributed by atoms with E-state index >= 15 is 0 Å². The molecule has 122 valence electrons. The van der Waals surface area contributed by atoms with Gasteiger partial charge in [-0.3, -0.25) is 4.79 Å². The van der Waals surface area contributed by atoms with Crippen LogP contribution in [0.5, 0.6) is 5.75 Å². The van der Waals surface area contributed by atoms with Crippen LogP contribution in [-0.4, -0.2) is 37.8 Å². The first-order valence-electron chi connectivity index (χ1n) is 8.01. The zero-order valence-corrected chi connectivity index (χ0v) is 13.0. The summed E-state index contributed by atoms with van der Waals surface area (Å²) in [6.45, 7) is 1.34. The highest BCUT2D eigenvalue weighted by Crippen LogP contribution is 2.25. The lowest BCUT2D eigenvalue weighted by Gasteiger charge is -2.13. The van der Waals surface area contributed by atoms with Gasteiger partial charge in [0, 0.05) is 11.9 Å². The lowest BCUT2D eigenvalue weighted by molar-refractivity contribution is -0.131. The van der Waals surface area contributed by atoms with Crippen molar-refractivity contribution in [2.45, 2.75) is 25.0 Å². The number of amides is 1. The second kappa shape index (κ2) is 7.44. The van der Waals surface area contributed by atoms with Crippen LogP contribution >= 0.6 is 0 Å². The SMILES string of the molecule is NC[C@H]1CC[C@@H](C(=O)NCCOc2cccc3ccccc23)O1. The molecule has 0 aliphatic carbocycles. The summed E-state index contributed by atoms with van der Waals surface area (Å²) in [5.41, 5.74) is 5.55. The van der Waals surface area contributed by atoms with Crippen LogP contribution in [-0.2, 0) is 9.53 Å². The van der Waals surface area contributed by atoms with Gasteiger partial charge < -0.3 is 20.5 Å². The quantitative estimate of drug-likeness (QED) is 0.798. The minimum Gasteiger partial charge on any atom is -0.491 e. The molecule has 0 aromatic heterocycles. The Morgan fingerprint density at radius 1 is 1.22 bits per heavy atom. The Bertz CT molecular complexity index is 669. The van der Waals surface area contributed by atoms with E-state index in [9.17, 15) is 4.79 Å². The number of ether oxygens (including phenoxy) is 2. The van der Waals surface area contributed by atoms with Crippen molar-refractivity contribution in [3.8, 4) is 5.75 Å². The largest absolute Gasteiger partial charge is 0.491 e. The summed E-state index contributed by atoms with van der Waals surface area (Å²) in [5.74, 6) is 0.750. The average molecular weight is 314 g/mol. The van der Waals surface area contributed by atoms with E-state index in [1.54, 1.807) is 0 Å². The van der Waals surface area contributed by atoms with Crippen LogP contribution in [0.4, 0.5) is 0 Å². The fourth-order valence-corrected chi connectivity index (χ4v) is 2.84. The van der Waals surface area contributed by atoms with E-state index < -0.39 is 0 Å². The summed E-state index contributed by atoms with van der Waals surface area (Å²) in [6, 6.07) is 14.0. The fourth-order valence-electron chi connectivity index (χ4n) is 2.84. The maximum absolute atomic E-state index is 12.0. The first kappa shape index (κ1) is 15.8. The normalized spacial score (nSPS) is 20.6. The van der Waals surface area contributed by atoms with Gasteiger partial charge in [0.15, 0.2) is 0 Å². The topological polar surface area (TPSA) is 73.6 Å². The number of fused-ring (bicyclic) bond motifs is 1. The van der Waals surface area contributed by atoms with Crippen molar-refractivity contribution in [3.63, 3.8) is 0 Å². The molecule has 1 aliphatic heterocycles. The first-order chi connectivity index (χ1) is 11.3. The zero-order chi connectivity index (χ0) is 16.1. The maximum atomic E-state index is 12.0. The molecule has 2 aromatic rings. The van der Waals surface area contributed by atoms with Crippen molar-refractivity contribution in [1.29, 1.82) is 0 Å². The second-order valence-corrected chi connectivity index (χ2v) is 5.68. The number of hydrogen-bond acceptors (Lipinski definition) is 4. The van der Waals surface area contributed by atoms with Gasteiger partial charge in [0.1, 0.15) is 18.5 Å². The van der Waals surface area contributed by atoms with Crippen molar-refractivity contribution < 1.29 is 14.3 Å². The van der Waals surface area contributed by atoms with Crippen molar-refractivity contribution >= 4 is 16.7 Å². The molecule has 1 saturated heterocycles. The molecule has 1 aliphatic rings. The molecule has 0 bridgehead atoms. The molecule has 1 heterocycles. The maximum Gasteiger partial charge on any atom is 0.249 e. The predicted octanol–water partition coefficient (Wildman–Crippen LogP) is 1.84. The predicted molar refractivity (Wildman–Crippen MR) is 89.4 cm³/mol. The standard InChI is InChI=1S/C18H22N2O3/c19-12-14-8-9-17(23-14)18(21)20-10-11-22-16-7-3-5-13-4-1-2-6-15(13)16/h1-7,14,17H,8-12,19H2,(H,20,21)/t14-,17+/m1/s1. The van der Waals surface area contributed by atoms with Crippen molar-refractivity contribution in [1.82, 2.24) is 5.32 Å². The first-order valence-corrected chi connectivity index (χ1v) is 8.01. The van der Waals surface area contributed by atoms with Crippen LogP contribution in [0.15, 0.2) is 42.5 Å². The van der Waals surface area contributed by atoms with Gasteiger partial charge in [-0.15, -0.1) is 0 Å².